The Hall–Kier alpha value is -1.34. The molecule has 1 aromatic carbocycles. The van der Waals surface area contributed by atoms with Crippen LogP contribution in [0.25, 0.3) is 0 Å². The SMILES string of the molecule is CC(C)=CCC/C(C)=C/CC(C)(O)c1ccccc1. The minimum atomic E-state index is -0.779. The summed E-state index contributed by atoms with van der Waals surface area (Å²) >= 11 is 0. The highest BCUT2D eigenvalue weighted by molar-refractivity contribution is 5.22. The van der Waals surface area contributed by atoms with Gasteiger partial charge in [-0.3, -0.25) is 0 Å². The van der Waals surface area contributed by atoms with Crippen molar-refractivity contribution >= 4 is 0 Å². The van der Waals surface area contributed by atoms with Crippen molar-refractivity contribution in [3.63, 3.8) is 0 Å². The van der Waals surface area contributed by atoms with Gasteiger partial charge < -0.3 is 5.11 Å². The largest absolute Gasteiger partial charge is 0.385 e. The van der Waals surface area contributed by atoms with Crippen LogP contribution in [0.4, 0.5) is 0 Å². The topological polar surface area (TPSA) is 20.2 Å². The fraction of sp³-hybridized carbons (Fsp3) is 0.444. The molecular weight excluding hydrogens is 232 g/mol. The van der Waals surface area contributed by atoms with Gasteiger partial charge in [-0.2, -0.15) is 0 Å². The highest BCUT2D eigenvalue weighted by Crippen LogP contribution is 2.25. The summed E-state index contributed by atoms with van der Waals surface area (Å²) in [5.74, 6) is 0. The molecule has 1 atom stereocenters. The average Bonchev–Trinajstić information content (AvgIpc) is 2.37. The maximum absolute atomic E-state index is 10.5. The van der Waals surface area contributed by atoms with Crippen LogP contribution in [0.1, 0.15) is 52.5 Å². The van der Waals surface area contributed by atoms with E-state index in [4.69, 9.17) is 0 Å². The zero-order valence-electron chi connectivity index (χ0n) is 12.6. The standard InChI is InChI=1S/C18H26O/c1-15(2)9-8-10-16(3)13-14-18(4,19)17-11-6-5-7-12-17/h5-7,9,11-13,19H,8,10,14H2,1-4H3/b16-13+. The molecule has 1 N–H and O–H groups in total. The van der Waals surface area contributed by atoms with E-state index in [1.807, 2.05) is 37.3 Å². The fourth-order valence-electron chi connectivity index (χ4n) is 1.98. The van der Waals surface area contributed by atoms with Gasteiger partial charge in [-0.1, -0.05) is 53.6 Å². The summed E-state index contributed by atoms with van der Waals surface area (Å²) in [6.45, 7) is 8.26. The molecule has 104 valence electrons. The summed E-state index contributed by atoms with van der Waals surface area (Å²) in [6.07, 6.45) is 7.23. The fourth-order valence-corrected chi connectivity index (χ4v) is 1.98. The van der Waals surface area contributed by atoms with Crippen LogP contribution in [0.5, 0.6) is 0 Å². The van der Waals surface area contributed by atoms with Crippen molar-refractivity contribution in [2.45, 2.75) is 52.6 Å². The summed E-state index contributed by atoms with van der Waals surface area (Å²) in [5, 5.41) is 10.5. The molecule has 0 radical (unpaired) electrons. The zero-order chi connectivity index (χ0) is 14.3. The van der Waals surface area contributed by atoms with Crippen LogP contribution in [-0.4, -0.2) is 5.11 Å². The van der Waals surface area contributed by atoms with E-state index in [-0.39, 0.29) is 0 Å². The summed E-state index contributed by atoms with van der Waals surface area (Å²) < 4.78 is 0. The lowest BCUT2D eigenvalue weighted by molar-refractivity contribution is 0.0603. The van der Waals surface area contributed by atoms with E-state index in [9.17, 15) is 5.11 Å². The monoisotopic (exact) mass is 258 g/mol. The van der Waals surface area contributed by atoms with Crippen molar-refractivity contribution < 1.29 is 5.11 Å². The first-order chi connectivity index (χ1) is 8.92. The molecule has 1 unspecified atom stereocenters. The molecule has 1 heteroatoms. The van der Waals surface area contributed by atoms with Crippen molar-refractivity contribution in [2.24, 2.45) is 0 Å². The number of benzene rings is 1. The Bertz CT molecular complexity index is 434. The number of hydrogen-bond acceptors (Lipinski definition) is 1. The molecule has 0 aliphatic heterocycles. The smallest absolute Gasteiger partial charge is 0.0902 e. The normalized spacial score (nSPS) is 14.9. The predicted octanol–water partition coefficient (Wildman–Crippen LogP) is 4.98. The number of allylic oxidation sites excluding steroid dienone is 3. The maximum Gasteiger partial charge on any atom is 0.0902 e. The Balaban J connectivity index is 2.57. The van der Waals surface area contributed by atoms with Crippen molar-refractivity contribution in [1.82, 2.24) is 0 Å². The molecular formula is C18H26O. The van der Waals surface area contributed by atoms with E-state index in [2.05, 4.69) is 32.9 Å². The molecule has 0 amide bonds. The third-order valence-corrected chi connectivity index (χ3v) is 3.33. The van der Waals surface area contributed by atoms with Gasteiger partial charge in [-0.05, 0) is 52.5 Å². The lowest BCUT2D eigenvalue weighted by atomic mass is 9.91. The molecule has 0 aromatic heterocycles. The average molecular weight is 258 g/mol. The Labute approximate surface area is 117 Å². The second-order valence-corrected chi connectivity index (χ2v) is 5.71. The number of rotatable bonds is 6. The number of aliphatic hydroxyl groups is 1. The molecule has 0 aliphatic rings. The lowest BCUT2D eigenvalue weighted by Gasteiger charge is -2.22. The minimum Gasteiger partial charge on any atom is -0.385 e. The van der Waals surface area contributed by atoms with Crippen molar-refractivity contribution in [2.75, 3.05) is 0 Å². The summed E-state index contributed by atoms with van der Waals surface area (Å²) in [5.41, 5.74) is 2.90. The van der Waals surface area contributed by atoms with Gasteiger partial charge in [0.05, 0.1) is 5.60 Å². The molecule has 0 fully saturated rings. The van der Waals surface area contributed by atoms with E-state index in [1.54, 1.807) is 0 Å². The Kier molecular flexibility index (Phi) is 6.04. The van der Waals surface area contributed by atoms with Crippen LogP contribution in [0.3, 0.4) is 0 Å². The van der Waals surface area contributed by atoms with Gasteiger partial charge in [0.1, 0.15) is 0 Å². The second kappa shape index (κ2) is 7.30. The minimum absolute atomic E-state index is 0.664. The van der Waals surface area contributed by atoms with Gasteiger partial charge in [-0.15, -0.1) is 0 Å². The quantitative estimate of drug-likeness (QED) is 0.714. The van der Waals surface area contributed by atoms with E-state index >= 15 is 0 Å². The highest BCUT2D eigenvalue weighted by atomic mass is 16.3. The Morgan fingerprint density at radius 2 is 1.74 bits per heavy atom. The van der Waals surface area contributed by atoms with E-state index < -0.39 is 5.60 Å². The van der Waals surface area contributed by atoms with E-state index in [0.29, 0.717) is 6.42 Å². The van der Waals surface area contributed by atoms with E-state index in [1.165, 1.54) is 11.1 Å². The number of hydrogen-bond donors (Lipinski definition) is 1. The molecule has 0 saturated heterocycles. The Morgan fingerprint density at radius 3 is 2.32 bits per heavy atom. The predicted molar refractivity (Wildman–Crippen MR) is 83.1 cm³/mol. The van der Waals surface area contributed by atoms with Gasteiger partial charge in [0.15, 0.2) is 0 Å². The first kappa shape index (κ1) is 15.7. The molecule has 0 heterocycles. The van der Waals surface area contributed by atoms with Gasteiger partial charge in [0.2, 0.25) is 0 Å². The zero-order valence-corrected chi connectivity index (χ0v) is 12.6. The third-order valence-electron chi connectivity index (χ3n) is 3.33. The van der Waals surface area contributed by atoms with Crippen molar-refractivity contribution in [3.8, 4) is 0 Å². The molecule has 0 aliphatic carbocycles. The molecule has 1 rings (SSSR count). The molecule has 1 aromatic rings. The highest BCUT2D eigenvalue weighted by Gasteiger charge is 2.20. The van der Waals surface area contributed by atoms with Crippen LogP contribution < -0.4 is 0 Å². The van der Waals surface area contributed by atoms with Crippen LogP contribution >= 0.6 is 0 Å². The Morgan fingerprint density at radius 1 is 1.11 bits per heavy atom. The van der Waals surface area contributed by atoms with Crippen LogP contribution in [-0.2, 0) is 5.60 Å². The molecule has 1 nitrogen and oxygen atoms in total. The first-order valence-electron chi connectivity index (χ1n) is 6.99. The molecule has 0 saturated carbocycles. The molecule has 0 bridgehead atoms. The molecule has 0 spiro atoms. The van der Waals surface area contributed by atoms with Gasteiger partial charge in [-0.25, -0.2) is 0 Å². The summed E-state index contributed by atoms with van der Waals surface area (Å²) in [4.78, 5) is 0. The second-order valence-electron chi connectivity index (χ2n) is 5.71. The van der Waals surface area contributed by atoms with Crippen LogP contribution in [0.2, 0.25) is 0 Å². The van der Waals surface area contributed by atoms with Crippen molar-refractivity contribution in [1.29, 1.82) is 0 Å². The van der Waals surface area contributed by atoms with Crippen molar-refractivity contribution in [3.05, 3.63) is 59.2 Å². The maximum atomic E-state index is 10.5. The molecule has 19 heavy (non-hydrogen) atoms. The van der Waals surface area contributed by atoms with Gasteiger partial charge >= 0.3 is 0 Å². The summed E-state index contributed by atoms with van der Waals surface area (Å²) in [7, 11) is 0. The van der Waals surface area contributed by atoms with Gasteiger partial charge in [0, 0.05) is 0 Å². The lowest BCUT2D eigenvalue weighted by Crippen LogP contribution is -2.19. The van der Waals surface area contributed by atoms with E-state index in [0.717, 1.165) is 18.4 Å². The van der Waals surface area contributed by atoms with Gasteiger partial charge in [0.25, 0.3) is 0 Å². The van der Waals surface area contributed by atoms with Crippen LogP contribution in [0.15, 0.2) is 53.6 Å². The summed E-state index contributed by atoms with van der Waals surface area (Å²) in [6, 6.07) is 9.86. The third kappa shape index (κ3) is 5.89. The van der Waals surface area contributed by atoms with Crippen LogP contribution in [0, 0.1) is 0 Å². The first-order valence-corrected chi connectivity index (χ1v) is 6.99.